The number of ketones is 1. The molecule has 1 N–H and O–H groups in total. The Labute approximate surface area is 211 Å². The van der Waals surface area contributed by atoms with E-state index in [2.05, 4.69) is 0 Å². The number of carbonyl (C=O) groups is 3. The fourth-order valence-electron chi connectivity index (χ4n) is 5.06. The summed E-state index contributed by atoms with van der Waals surface area (Å²) >= 11 is 5.99. The number of ether oxygens (including phenoxy) is 1. The highest BCUT2D eigenvalue weighted by molar-refractivity contribution is 6.30. The van der Waals surface area contributed by atoms with Crippen molar-refractivity contribution < 1.29 is 24.2 Å². The molecule has 1 aliphatic carbocycles. The van der Waals surface area contributed by atoms with Crippen LogP contribution in [0.15, 0.2) is 30.3 Å². The summed E-state index contributed by atoms with van der Waals surface area (Å²) in [5.74, 6) is -0.321. The average Bonchev–Trinajstić information content (AvgIpc) is 3.64. The van der Waals surface area contributed by atoms with E-state index in [0.29, 0.717) is 31.2 Å². The Kier molecular flexibility index (Phi) is 8.27. The van der Waals surface area contributed by atoms with Gasteiger partial charge in [0.2, 0.25) is 11.8 Å². The number of methoxy groups -OCH3 is 1. The van der Waals surface area contributed by atoms with E-state index in [4.69, 9.17) is 16.3 Å². The first kappa shape index (κ1) is 25.8. The maximum atomic E-state index is 12.9. The van der Waals surface area contributed by atoms with Crippen LogP contribution in [0.5, 0.6) is 0 Å². The van der Waals surface area contributed by atoms with Gasteiger partial charge >= 0.3 is 0 Å². The van der Waals surface area contributed by atoms with Crippen molar-refractivity contribution in [3.8, 4) is 0 Å². The molecule has 3 fully saturated rings. The average molecular weight is 504 g/mol. The van der Waals surface area contributed by atoms with Crippen molar-refractivity contribution in [2.75, 3.05) is 46.4 Å². The number of rotatable bonds is 8. The van der Waals surface area contributed by atoms with Gasteiger partial charge in [-0.15, -0.1) is 0 Å². The van der Waals surface area contributed by atoms with Crippen molar-refractivity contribution in [1.29, 1.82) is 0 Å². The zero-order valence-corrected chi connectivity index (χ0v) is 21.0. The van der Waals surface area contributed by atoms with Crippen LogP contribution in [0.25, 0.3) is 6.08 Å². The minimum atomic E-state index is -0.711. The van der Waals surface area contributed by atoms with Crippen molar-refractivity contribution in [3.05, 3.63) is 40.9 Å². The molecule has 2 heterocycles. The SMILES string of the molecule is COC(C(=O)CCN1CCN(C(=O)/C=C/c2cccc(Cl)c2)CCC1=O)N1CCC2(CC2)[C@H](O)C1. The number of halogens is 1. The molecule has 1 aromatic carbocycles. The molecule has 2 amide bonds. The van der Waals surface area contributed by atoms with Crippen molar-refractivity contribution in [2.24, 2.45) is 5.41 Å². The summed E-state index contributed by atoms with van der Waals surface area (Å²) < 4.78 is 5.49. The molecule has 2 aliphatic heterocycles. The van der Waals surface area contributed by atoms with Crippen LogP contribution in [0.1, 0.15) is 37.7 Å². The Morgan fingerprint density at radius 3 is 2.71 bits per heavy atom. The molecule has 0 bridgehead atoms. The van der Waals surface area contributed by atoms with E-state index in [1.807, 2.05) is 17.0 Å². The third-order valence-corrected chi connectivity index (χ3v) is 7.76. The Balaban J connectivity index is 1.27. The van der Waals surface area contributed by atoms with Crippen LogP contribution < -0.4 is 0 Å². The Bertz CT molecular complexity index is 979. The van der Waals surface area contributed by atoms with E-state index in [-0.39, 0.29) is 42.4 Å². The fourth-order valence-corrected chi connectivity index (χ4v) is 5.25. The molecule has 1 aromatic rings. The molecule has 9 heteroatoms. The van der Waals surface area contributed by atoms with Gasteiger partial charge in [0.15, 0.2) is 12.0 Å². The maximum absolute atomic E-state index is 12.9. The van der Waals surface area contributed by atoms with E-state index < -0.39 is 12.3 Å². The minimum Gasteiger partial charge on any atom is -0.391 e. The highest BCUT2D eigenvalue weighted by atomic mass is 35.5. The summed E-state index contributed by atoms with van der Waals surface area (Å²) in [4.78, 5) is 43.5. The Morgan fingerprint density at radius 1 is 1.23 bits per heavy atom. The van der Waals surface area contributed by atoms with Crippen LogP contribution in [-0.2, 0) is 19.1 Å². The first-order valence-corrected chi connectivity index (χ1v) is 12.7. The number of benzene rings is 1. The second-order valence-corrected chi connectivity index (χ2v) is 10.2. The van der Waals surface area contributed by atoms with Crippen LogP contribution >= 0.6 is 11.6 Å². The van der Waals surface area contributed by atoms with E-state index in [9.17, 15) is 19.5 Å². The quantitative estimate of drug-likeness (QED) is 0.547. The van der Waals surface area contributed by atoms with Crippen molar-refractivity contribution in [1.82, 2.24) is 14.7 Å². The van der Waals surface area contributed by atoms with Gasteiger partial charge in [0.25, 0.3) is 0 Å². The number of piperidine rings is 1. The highest BCUT2D eigenvalue weighted by Crippen LogP contribution is 2.53. The third kappa shape index (κ3) is 6.30. The number of β-amino-alcohol motifs (C(OH)–C–C–N with tert-alkyl or cyclic N) is 1. The lowest BCUT2D eigenvalue weighted by atomic mass is 9.90. The Morgan fingerprint density at radius 2 is 2.03 bits per heavy atom. The monoisotopic (exact) mass is 503 g/mol. The van der Waals surface area contributed by atoms with E-state index in [1.54, 1.807) is 28.0 Å². The predicted octanol–water partition coefficient (Wildman–Crippen LogP) is 2.19. The molecule has 2 atom stereocenters. The molecule has 35 heavy (non-hydrogen) atoms. The van der Waals surface area contributed by atoms with E-state index in [0.717, 1.165) is 31.4 Å². The van der Waals surface area contributed by atoms with Crippen LogP contribution in [0.4, 0.5) is 0 Å². The van der Waals surface area contributed by atoms with E-state index >= 15 is 0 Å². The number of carbonyl (C=O) groups excluding carboxylic acids is 3. The number of aliphatic hydroxyl groups is 1. The molecular weight excluding hydrogens is 470 g/mol. The normalized spacial score (nSPS) is 23.5. The molecule has 0 aromatic heterocycles. The van der Waals surface area contributed by atoms with E-state index in [1.165, 1.54) is 13.2 Å². The molecule has 0 radical (unpaired) electrons. The molecule has 1 spiro atoms. The van der Waals surface area contributed by atoms with Gasteiger partial charge in [-0.25, -0.2) is 0 Å². The molecule has 1 unspecified atom stereocenters. The molecule has 3 aliphatic rings. The fraction of sp³-hybridized carbons (Fsp3) is 0.577. The zero-order valence-electron chi connectivity index (χ0n) is 20.2. The van der Waals surface area contributed by atoms with Gasteiger partial charge in [-0.2, -0.15) is 0 Å². The molecule has 8 nitrogen and oxygen atoms in total. The van der Waals surface area contributed by atoms with Gasteiger partial charge in [-0.05, 0) is 48.4 Å². The lowest BCUT2D eigenvalue weighted by Gasteiger charge is -2.39. The predicted molar refractivity (Wildman–Crippen MR) is 133 cm³/mol. The summed E-state index contributed by atoms with van der Waals surface area (Å²) in [6.07, 6.45) is 5.46. The first-order chi connectivity index (χ1) is 16.8. The second kappa shape index (κ2) is 11.2. The topological polar surface area (TPSA) is 90.4 Å². The molecule has 2 saturated heterocycles. The van der Waals surface area contributed by atoms with Gasteiger partial charge in [0.1, 0.15) is 0 Å². The van der Waals surface area contributed by atoms with Gasteiger partial charge in [-0.3, -0.25) is 19.3 Å². The summed E-state index contributed by atoms with van der Waals surface area (Å²) in [6, 6.07) is 7.23. The standard InChI is InChI=1S/C26H34ClN3O5/c1-35-25(30-14-11-26(9-10-26)22(32)18-30)21(31)7-12-28-15-16-29(13-8-24(28)34)23(33)6-5-19-3-2-4-20(27)17-19/h2-6,17,22,25,32H,7-16,18H2,1H3/b6-5+/t22-,25?/m1/s1. The van der Waals surface area contributed by atoms with Crippen molar-refractivity contribution >= 4 is 35.3 Å². The maximum Gasteiger partial charge on any atom is 0.246 e. The number of aliphatic hydroxyl groups excluding tert-OH is 1. The summed E-state index contributed by atoms with van der Waals surface area (Å²) in [5, 5.41) is 11.1. The lowest BCUT2D eigenvalue weighted by Crippen LogP contribution is -2.53. The third-order valence-electron chi connectivity index (χ3n) is 7.53. The van der Waals surface area contributed by atoms with Crippen LogP contribution in [0.3, 0.4) is 0 Å². The van der Waals surface area contributed by atoms with Gasteiger partial charge in [0.05, 0.1) is 6.10 Å². The van der Waals surface area contributed by atoms with Gasteiger partial charge in [-0.1, -0.05) is 23.7 Å². The zero-order chi connectivity index (χ0) is 25.0. The van der Waals surface area contributed by atoms with Crippen molar-refractivity contribution in [3.63, 3.8) is 0 Å². The highest BCUT2D eigenvalue weighted by Gasteiger charge is 2.52. The van der Waals surface area contributed by atoms with Gasteiger partial charge in [0, 0.05) is 70.3 Å². The molecule has 1 saturated carbocycles. The number of hydrogen-bond donors (Lipinski definition) is 1. The summed E-state index contributed by atoms with van der Waals surface area (Å²) in [5.41, 5.74) is 0.890. The minimum absolute atomic E-state index is 0.0585. The van der Waals surface area contributed by atoms with Crippen LogP contribution in [0.2, 0.25) is 5.02 Å². The van der Waals surface area contributed by atoms with Crippen LogP contribution in [-0.4, -0.2) is 96.1 Å². The summed E-state index contributed by atoms with van der Waals surface area (Å²) in [6.45, 7) is 2.59. The molecule has 4 rings (SSSR count). The first-order valence-electron chi connectivity index (χ1n) is 12.3. The van der Waals surface area contributed by atoms with Crippen LogP contribution in [0, 0.1) is 5.41 Å². The lowest BCUT2D eigenvalue weighted by molar-refractivity contribution is -0.148. The largest absolute Gasteiger partial charge is 0.391 e. The second-order valence-electron chi connectivity index (χ2n) is 9.77. The summed E-state index contributed by atoms with van der Waals surface area (Å²) in [7, 11) is 1.51. The molecular formula is C26H34ClN3O5. The smallest absolute Gasteiger partial charge is 0.246 e. The van der Waals surface area contributed by atoms with Crippen molar-refractivity contribution in [2.45, 2.75) is 44.4 Å². The number of hydrogen-bond acceptors (Lipinski definition) is 6. The number of nitrogens with zero attached hydrogens (tertiary/aromatic N) is 3. The Hall–Kier alpha value is -2.26. The number of likely N-dealkylation sites (tertiary alicyclic amines) is 1. The van der Waals surface area contributed by atoms with Gasteiger partial charge < -0.3 is 19.6 Å². The number of amides is 2. The number of Topliss-reactive ketones (excluding diaryl/α,β-unsaturated/α-hetero) is 1. The molecule has 190 valence electrons.